The molecule has 18 heavy (non-hydrogen) atoms. The molecule has 1 saturated carbocycles. The van der Waals surface area contributed by atoms with Gasteiger partial charge in [0.25, 0.3) is 0 Å². The number of rotatable bonds is 0. The Morgan fingerprint density at radius 2 is 1.50 bits per heavy atom. The summed E-state index contributed by atoms with van der Waals surface area (Å²) in [6, 6.07) is 0. The smallest absolute Gasteiger partial charge is 0.306 e. The number of ketones is 2. The van der Waals surface area contributed by atoms with E-state index in [0.29, 0.717) is 44.9 Å². The Morgan fingerprint density at radius 3 is 2.28 bits per heavy atom. The van der Waals surface area contributed by atoms with Crippen LogP contribution in [0.2, 0.25) is 0 Å². The number of ether oxygens (including phenoxy) is 1. The number of Topliss-reactive ketones (excluding diaryl/α,β-unsaturated/α-hetero) is 2. The molecule has 1 saturated heterocycles. The Bertz CT molecular complexity index is 361. The molecule has 0 bridgehead atoms. The number of hydrogen-bond donors (Lipinski definition) is 0. The number of carbonyl (C=O) groups excluding carboxylic acids is 3. The molecule has 4 heteroatoms. The van der Waals surface area contributed by atoms with Crippen molar-refractivity contribution in [1.29, 1.82) is 0 Å². The fourth-order valence-corrected chi connectivity index (χ4v) is 2.81. The summed E-state index contributed by atoms with van der Waals surface area (Å²) in [4.78, 5) is 35.5. The second-order valence-electron chi connectivity index (χ2n) is 5.34. The van der Waals surface area contributed by atoms with Gasteiger partial charge in [-0.3, -0.25) is 14.4 Å². The van der Waals surface area contributed by atoms with E-state index in [4.69, 9.17) is 4.74 Å². The molecule has 0 aromatic rings. The average molecular weight is 252 g/mol. The van der Waals surface area contributed by atoms with E-state index in [1.165, 1.54) is 0 Å². The van der Waals surface area contributed by atoms with Crippen molar-refractivity contribution < 1.29 is 19.1 Å². The zero-order valence-corrected chi connectivity index (χ0v) is 10.7. The van der Waals surface area contributed by atoms with Gasteiger partial charge in [0.1, 0.15) is 5.78 Å². The van der Waals surface area contributed by atoms with Crippen molar-refractivity contribution in [1.82, 2.24) is 0 Å². The van der Waals surface area contributed by atoms with Crippen LogP contribution in [-0.2, 0) is 19.1 Å². The first-order valence-corrected chi connectivity index (χ1v) is 6.89. The van der Waals surface area contributed by atoms with E-state index in [9.17, 15) is 14.4 Å². The van der Waals surface area contributed by atoms with Crippen LogP contribution in [0.1, 0.15) is 64.2 Å². The highest BCUT2D eigenvalue weighted by Gasteiger charge is 2.43. The van der Waals surface area contributed by atoms with E-state index in [0.717, 1.165) is 19.3 Å². The van der Waals surface area contributed by atoms with Crippen LogP contribution in [-0.4, -0.2) is 23.1 Å². The van der Waals surface area contributed by atoms with Crippen molar-refractivity contribution in [3.8, 4) is 0 Å². The molecule has 2 aliphatic rings. The standard InChI is InChI=1S/C14H20O4/c15-11-5-1-2-7-13(17)18-14(10-8-11)9-4-3-6-12(14)16/h1-10H2. The molecule has 2 fully saturated rings. The van der Waals surface area contributed by atoms with Crippen LogP contribution in [0, 0.1) is 0 Å². The summed E-state index contributed by atoms with van der Waals surface area (Å²) >= 11 is 0. The molecule has 0 aromatic carbocycles. The van der Waals surface area contributed by atoms with Crippen molar-refractivity contribution in [2.45, 2.75) is 69.8 Å². The van der Waals surface area contributed by atoms with E-state index >= 15 is 0 Å². The highest BCUT2D eigenvalue weighted by atomic mass is 16.6. The Labute approximate surface area is 107 Å². The van der Waals surface area contributed by atoms with Gasteiger partial charge in [0.2, 0.25) is 0 Å². The van der Waals surface area contributed by atoms with Gasteiger partial charge in [0, 0.05) is 32.1 Å². The fourth-order valence-electron chi connectivity index (χ4n) is 2.81. The second kappa shape index (κ2) is 5.63. The van der Waals surface area contributed by atoms with E-state index < -0.39 is 5.60 Å². The zero-order chi connectivity index (χ0) is 13.0. The molecule has 1 unspecified atom stereocenters. The summed E-state index contributed by atoms with van der Waals surface area (Å²) in [5.41, 5.74) is -0.984. The third kappa shape index (κ3) is 2.98. The number of hydrogen-bond acceptors (Lipinski definition) is 4. The molecule has 1 aliphatic carbocycles. The van der Waals surface area contributed by atoms with Gasteiger partial charge in [-0.1, -0.05) is 0 Å². The lowest BCUT2D eigenvalue weighted by Gasteiger charge is -2.35. The third-order valence-electron chi connectivity index (χ3n) is 3.95. The third-order valence-corrected chi connectivity index (χ3v) is 3.95. The van der Waals surface area contributed by atoms with Crippen LogP contribution in [0.5, 0.6) is 0 Å². The van der Waals surface area contributed by atoms with E-state index in [1.54, 1.807) is 0 Å². The molecule has 0 amide bonds. The molecule has 1 aliphatic heterocycles. The second-order valence-corrected chi connectivity index (χ2v) is 5.34. The summed E-state index contributed by atoms with van der Waals surface area (Å²) in [6.45, 7) is 0. The molecule has 1 heterocycles. The Kier molecular flexibility index (Phi) is 4.15. The first-order chi connectivity index (χ1) is 8.62. The predicted molar refractivity (Wildman–Crippen MR) is 65.0 cm³/mol. The molecule has 0 aromatic heterocycles. The van der Waals surface area contributed by atoms with Gasteiger partial charge >= 0.3 is 5.97 Å². The molecule has 100 valence electrons. The van der Waals surface area contributed by atoms with Gasteiger partial charge in [0.05, 0.1) is 0 Å². The van der Waals surface area contributed by atoms with Crippen molar-refractivity contribution >= 4 is 17.5 Å². The van der Waals surface area contributed by atoms with Crippen LogP contribution in [0.15, 0.2) is 0 Å². The van der Waals surface area contributed by atoms with E-state index in [-0.39, 0.29) is 17.5 Å². The molecule has 0 radical (unpaired) electrons. The summed E-state index contributed by atoms with van der Waals surface area (Å²) in [5, 5.41) is 0. The topological polar surface area (TPSA) is 60.4 Å². The van der Waals surface area contributed by atoms with Crippen molar-refractivity contribution in [3.05, 3.63) is 0 Å². The molecular weight excluding hydrogens is 232 g/mol. The Morgan fingerprint density at radius 1 is 0.778 bits per heavy atom. The normalized spacial score (nSPS) is 31.2. The first kappa shape index (κ1) is 13.2. The SMILES string of the molecule is O=C1CCCCC(=O)OC2(CCCCC2=O)CC1. The molecule has 1 spiro atoms. The quantitative estimate of drug-likeness (QED) is 0.621. The van der Waals surface area contributed by atoms with Crippen molar-refractivity contribution in [2.75, 3.05) is 0 Å². The minimum Gasteiger partial charge on any atom is -0.451 e. The fraction of sp³-hybridized carbons (Fsp3) is 0.786. The first-order valence-electron chi connectivity index (χ1n) is 6.89. The monoisotopic (exact) mass is 252 g/mol. The maximum atomic E-state index is 12.1. The lowest BCUT2D eigenvalue weighted by Crippen LogP contribution is -2.46. The predicted octanol–water partition coefficient (Wildman–Crippen LogP) is 2.33. The summed E-state index contributed by atoms with van der Waals surface area (Å²) in [5.74, 6) is -0.0826. The molecule has 4 nitrogen and oxygen atoms in total. The minimum atomic E-state index is -0.984. The van der Waals surface area contributed by atoms with Crippen LogP contribution >= 0.6 is 0 Å². The maximum Gasteiger partial charge on any atom is 0.306 e. The highest BCUT2D eigenvalue weighted by Crippen LogP contribution is 2.34. The minimum absolute atomic E-state index is 0.00970. The van der Waals surface area contributed by atoms with Crippen molar-refractivity contribution in [3.63, 3.8) is 0 Å². The van der Waals surface area contributed by atoms with Gasteiger partial charge in [-0.15, -0.1) is 0 Å². The van der Waals surface area contributed by atoms with Crippen LogP contribution in [0.3, 0.4) is 0 Å². The lowest BCUT2D eigenvalue weighted by atomic mass is 9.79. The van der Waals surface area contributed by atoms with Crippen LogP contribution < -0.4 is 0 Å². The summed E-state index contributed by atoms with van der Waals surface area (Å²) < 4.78 is 5.48. The Balaban J connectivity index is 2.14. The Hall–Kier alpha value is -1.19. The van der Waals surface area contributed by atoms with Gasteiger partial charge in [-0.25, -0.2) is 0 Å². The molecule has 0 N–H and O–H groups in total. The van der Waals surface area contributed by atoms with Gasteiger partial charge < -0.3 is 4.74 Å². The lowest BCUT2D eigenvalue weighted by molar-refractivity contribution is -0.172. The molecule has 2 rings (SSSR count). The average Bonchev–Trinajstić information content (AvgIpc) is 2.35. The number of carbonyl (C=O) groups is 3. The highest BCUT2D eigenvalue weighted by molar-refractivity contribution is 5.91. The van der Waals surface area contributed by atoms with Gasteiger partial charge in [0.15, 0.2) is 11.4 Å². The largest absolute Gasteiger partial charge is 0.451 e. The van der Waals surface area contributed by atoms with Gasteiger partial charge in [-0.2, -0.15) is 0 Å². The van der Waals surface area contributed by atoms with Crippen LogP contribution in [0.25, 0.3) is 0 Å². The van der Waals surface area contributed by atoms with E-state index in [1.807, 2.05) is 0 Å². The van der Waals surface area contributed by atoms with Gasteiger partial charge in [-0.05, 0) is 32.1 Å². The maximum absolute atomic E-state index is 12.1. The van der Waals surface area contributed by atoms with E-state index in [2.05, 4.69) is 0 Å². The number of esters is 1. The summed E-state index contributed by atoms with van der Waals surface area (Å²) in [6.07, 6.45) is 5.84. The molecule has 1 atom stereocenters. The summed E-state index contributed by atoms with van der Waals surface area (Å²) in [7, 11) is 0. The zero-order valence-electron chi connectivity index (χ0n) is 10.7. The van der Waals surface area contributed by atoms with Crippen LogP contribution in [0.4, 0.5) is 0 Å². The molecular formula is C14H20O4. The van der Waals surface area contributed by atoms with Crippen molar-refractivity contribution in [2.24, 2.45) is 0 Å².